The molecular weight excluding hydrogens is 329 g/mol. The van der Waals surface area contributed by atoms with Crippen molar-refractivity contribution in [2.75, 3.05) is 14.2 Å². The van der Waals surface area contributed by atoms with Crippen LogP contribution in [0.25, 0.3) is 0 Å². The number of carbonyl (C=O) groups excluding carboxylic acids is 2. The highest BCUT2D eigenvalue weighted by Crippen LogP contribution is 2.43. The lowest BCUT2D eigenvalue weighted by molar-refractivity contribution is -0.154. The van der Waals surface area contributed by atoms with E-state index < -0.39 is 41.2 Å². The van der Waals surface area contributed by atoms with Crippen molar-refractivity contribution in [2.45, 2.75) is 24.7 Å². The molecule has 1 aromatic carbocycles. The molecule has 2 rings (SSSR count). The molecule has 0 aliphatic carbocycles. The van der Waals surface area contributed by atoms with Gasteiger partial charge in [-0.05, 0) is 24.6 Å². The van der Waals surface area contributed by atoms with Crippen LogP contribution in [0.2, 0.25) is 0 Å². The number of azo groups is 1. The Bertz CT molecular complexity index is 672. The van der Waals surface area contributed by atoms with Gasteiger partial charge in [-0.2, -0.15) is 23.4 Å². The highest BCUT2D eigenvalue weighted by atomic mass is 19.4. The maximum Gasteiger partial charge on any atom is 0.416 e. The lowest BCUT2D eigenvalue weighted by atomic mass is 9.77. The van der Waals surface area contributed by atoms with Crippen molar-refractivity contribution in [3.05, 3.63) is 35.4 Å². The topological polar surface area (TPSA) is 77.3 Å². The van der Waals surface area contributed by atoms with E-state index in [0.29, 0.717) is 5.56 Å². The summed E-state index contributed by atoms with van der Waals surface area (Å²) in [6.45, 7) is 1.50. The molecule has 0 fully saturated rings. The number of nitrogens with zero attached hydrogens (tertiary/aromatic N) is 2. The Morgan fingerprint density at radius 2 is 1.62 bits per heavy atom. The van der Waals surface area contributed by atoms with Gasteiger partial charge in [-0.25, -0.2) is 4.79 Å². The summed E-state index contributed by atoms with van der Waals surface area (Å²) in [5.41, 5.74) is -1.86. The third-order valence-corrected chi connectivity index (χ3v) is 4.01. The van der Waals surface area contributed by atoms with Gasteiger partial charge in [-0.3, -0.25) is 4.79 Å². The number of rotatable bonds is 3. The molecule has 0 amide bonds. The number of methoxy groups -OCH3 is 2. The van der Waals surface area contributed by atoms with E-state index in [1.807, 2.05) is 0 Å². The SMILES string of the molecule is COC(=O)[C@H]1N=NC(C)(c2ccc(C(F)(F)F)cc2)[C@@H]1C(=O)OC. The van der Waals surface area contributed by atoms with Crippen molar-refractivity contribution in [2.24, 2.45) is 16.1 Å². The van der Waals surface area contributed by atoms with Crippen molar-refractivity contribution in [1.82, 2.24) is 0 Å². The molecule has 6 nitrogen and oxygen atoms in total. The van der Waals surface area contributed by atoms with E-state index in [4.69, 9.17) is 4.74 Å². The molecule has 1 unspecified atom stereocenters. The average molecular weight is 344 g/mol. The van der Waals surface area contributed by atoms with Gasteiger partial charge in [0.05, 0.1) is 19.8 Å². The molecule has 1 aliphatic rings. The molecule has 0 radical (unpaired) electrons. The third-order valence-electron chi connectivity index (χ3n) is 4.01. The van der Waals surface area contributed by atoms with Crippen molar-refractivity contribution < 1.29 is 32.2 Å². The van der Waals surface area contributed by atoms with Gasteiger partial charge in [0.25, 0.3) is 0 Å². The van der Waals surface area contributed by atoms with Crippen molar-refractivity contribution in [1.29, 1.82) is 0 Å². The second-order valence-electron chi connectivity index (χ2n) is 5.41. The predicted octanol–water partition coefficient (Wildman–Crippen LogP) is 2.72. The summed E-state index contributed by atoms with van der Waals surface area (Å²) in [5, 5.41) is 7.76. The van der Waals surface area contributed by atoms with E-state index in [1.165, 1.54) is 19.1 Å². The van der Waals surface area contributed by atoms with Gasteiger partial charge < -0.3 is 9.47 Å². The summed E-state index contributed by atoms with van der Waals surface area (Å²) in [7, 11) is 2.28. The fraction of sp³-hybridized carbons (Fsp3) is 0.467. The van der Waals surface area contributed by atoms with E-state index in [1.54, 1.807) is 0 Å². The first-order valence-electron chi connectivity index (χ1n) is 6.90. The lowest BCUT2D eigenvalue weighted by Gasteiger charge is -2.28. The summed E-state index contributed by atoms with van der Waals surface area (Å²) in [4.78, 5) is 23.9. The Morgan fingerprint density at radius 3 is 2.08 bits per heavy atom. The Kier molecular flexibility index (Phi) is 4.63. The number of halogens is 3. The normalized spacial score (nSPS) is 26.2. The van der Waals surface area contributed by atoms with Crippen LogP contribution in [0.1, 0.15) is 18.1 Å². The van der Waals surface area contributed by atoms with Crippen LogP contribution in [0.15, 0.2) is 34.5 Å². The smallest absolute Gasteiger partial charge is 0.416 e. The molecule has 1 heterocycles. The highest BCUT2D eigenvalue weighted by Gasteiger charge is 2.54. The zero-order valence-electron chi connectivity index (χ0n) is 13.1. The van der Waals surface area contributed by atoms with E-state index >= 15 is 0 Å². The van der Waals surface area contributed by atoms with Gasteiger partial charge in [0.1, 0.15) is 11.5 Å². The molecular formula is C15H15F3N2O4. The largest absolute Gasteiger partial charge is 0.469 e. The minimum absolute atomic E-state index is 0.307. The standard InChI is InChI=1S/C15H15F3N2O4/c1-14(8-4-6-9(7-5-8)15(16,17)18)10(12(21)23-2)11(19-20-14)13(22)24-3/h4-7,10-11H,1-3H3/t10-,11-,14?/m0/s1. The summed E-state index contributed by atoms with van der Waals surface area (Å²) in [6.07, 6.45) is -4.48. The summed E-state index contributed by atoms with van der Waals surface area (Å²) in [5.74, 6) is -2.66. The molecule has 0 N–H and O–H groups in total. The van der Waals surface area contributed by atoms with Gasteiger partial charge in [-0.1, -0.05) is 12.1 Å². The van der Waals surface area contributed by atoms with Gasteiger partial charge in [0, 0.05) is 0 Å². The molecule has 0 spiro atoms. The first kappa shape index (κ1) is 17.9. The zero-order chi connectivity index (χ0) is 18.1. The summed E-state index contributed by atoms with van der Waals surface area (Å²) < 4.78 is 47.4. The number of alkyl halides is 3. The van der Waals surface area contributed by atoms with Gasteiger partial charge >= 0.3 is 18.1 Å². The minimum Gasteiger partial charge on any atom is -0.469 e. The van der Waals surface area contributed by atoms with Gasteiger partial charge in [0.15, 0.2) is 6.04 Å². The summed E-state index contributed by atoms with van der Waals surface area (Å²) >= 11 is 0. The minimum atomic E-state index is -4.48. The molecule has 9 heteroatoms. The monoisotopic (exact) mass is 344 g/mol. The average Bonchev–Trinajstić information content (AvgIpc) is 2.91. The van der Waals surface area contributed by atoms with Crippen molar-refractivity contribution in [3.63, 3.8) is 0 Å². The van der Waals surface area contributed by atoms with Crippen LogP contribution in [0.5, 0.6) is 0 Å². The van der Waals surface area contributed by atoms with E-state index in [0.717, 1.165) is 26.4 Å². The number of hydrogen-bond acceptors (Lipinski definition) is 6. The number of benzene rings is 1. The second-order valence-corrected chi connectivity index (χ2v) is 5.41. The summed E-state index contributed by atoms with van der Waals surface area (Å²) in [6, 6.07) is 2.97. The Hall–Kier alpha value is -2.45. The highest BCUT2D eigenvalue weighted by molar-refractivity contribution is 5.86. The maximum absolute atomic E-state index is 12.7. The molecule has 1 aromatic rings. The number of ether oxygens (including phenoxy) is 2. The van der Waals surface area contributed by atoms with Gasteiger partial charge in [0.2, 0.25) is 0 Å². The first-order chi connectivity index (χ1) is 11.1. The van der Waals surface area contributed by atoms with Crippen molar-refractivity contribution >= 4 is 11.9 Å². The zero-order valence-corrected chi connectivity index (χ0v) is 13.1. The number of esters is 2. The van der Waals surface area contributed by atoms with E-state index in [2.05, 4.69) is 15.0 Å². The van der Waals surface area contributed by atoms with Crippen LogP contribution >= 0.6 is 0 Å². The Balaban J connectivity index is 2.44. The molecule has 1 aliphatic heterocycles. The predicted molar refractivity (Wildman–Crippen MR) is 75.0 cm³/mol. The van der Waals surface area contributed by atoms with Gasteiger partial charge in [-0.15, -0.1) is 0 Å². The van der Waals surface area contributed by atoms with Crippen LogP contribution in [0.3, 0.4) is 0 Å². The molecule has 24 heavy (non-hydrogen) atoms. The lowest BCUT2D eigenvalue weighted by Crippen LogP contribution is -2.42. The van der Waals surface area contributed by atoms with Crippen LogP contribution in [0, 0.1) is 5.92 Å². The fourth-order valence-corrected chi connectivity index (χ4v) is 2.64. The molecule has 0 saturated heterocycles. The van der Waals surface area contributed by atoms with E-state index in [-0.39, 0.29) is 0 Å². The molecule has 0 bridgehead atoms. The quantitative estimate of drug-likeness (QED) is 0.790. The van der Waals surface area contributed by atoms with Crippen LogP contribution < -0.4 is 0 Å². The maximum atomic E-state index is 12.7. The number of carbonyl (C=O) groups is 2. The molecule has 0 saturated carbocycles. The Morgan fingerprint density at radius 1 is 1.08 bits per heavy atom. The van der Waals surface area contributed by atoms with E-state index in [9.17, 15) is 22.8 Å². The van der Waals surface area contributed by atoms with Crippen LogP contribution in [0.4, 0.5) is 13.2 Å². The first-order valence-corrected chi connectivity index (χ1v) is 6.90. The fourth-order valence-electron chi connectivity index (χ4n) is 2.64. The van der Waals surface area contributed by atoms with Crippen molar-refractivity contribution in [3.8, 4) is 0 Å². The molecule has 3 atom stereocenters. The Labute approximate surface area is 135 Å². The number of hydrogen-bond donors (Lipinski definition) is 0. The third kappa shape index (κ3) is 2.98. The molecule has 130 valence electrons. The second kappa shape index (κ2) is 6.21. The molecule has 0 aromatic heterocycles. The van der Waals surface area contributed by atoms with Crippen LogP contribution in [-0.4, -0.2) is 32.2 Å². The van der Waals surface area contributed by atoms with Crippen LogP contribution in [-0.2, 0) is 30.8 Å².